The zero-order valence-electron chi connectivity index (χ0n) is 17.5. The molecule has 2 aromatic rings. The number of aryl methyl sites for hydroxylation is 1. The largest absolute Gasteiger partial charge is 0.466 e. The van der Waals surface area contributed by atoms with Gasteiger partial charge in [0.2, 0.25) is 11.8 Å². The quantitative estimate of drug-likeness (QED) is 0.308. The van der Waals surface area contributed by atoms with E-state index in [0.29, 0.717) is 24.3 Å². The molecule has 0 spiro atoms. The van der Waals surface area contributed by atoms with Crippen molar-refractivity contribution in [1.29, 1.82) is 0 Å². The van der Waals surface area contributed by atoms with Gasteiger partial charge in [-0.2, -0.15) is 0 Å². The number of amides is 3. The normalized spacial score (nSPS) is 10.1. The van der Waals surface area contributed by atoms with Crippen LogP contribution in [-0.2, 0) is 25.5 Å². The van der Waals surface area contributed by atoms with Gasteiger partial charge in [-0.25, -0.2) is 0 Å². The number of benzene rings is 2. The summed E-state index contributed by atoms with van der Waals surface area (Å²) in [5.41, 5.74) is 6.72. The lowest BCUT2D eigenvalue weighted by Gasteiger charge is -2.08. The lowest BCUT2D eigenvalue weighted by Crippen LogP contribution is -2.41. The number of hydrazine groups is 1. The first-order valence-corrected chi connectivity index (χ1v) is 10.1. The van der Waals surface area contributed by atoms with Crippen LogP contribution in [0.25, 0.3) is 0 Å². The number of carbonyl (C=O) groups excluding carboxylic acids is 4. The molecule has 0 saturated carbocycles. The zero-order valence-corrected chi connectivity index (χ0v) is 17.5. The lowest BCUT2D eigenvalue weighted by molar-refractivity contribution is -0.143. The first-order chi connectivity index (χ1) is 14.9. The minimum Gasteiger partial charge on any atom is -0.466 e. The van der Waals surface area contributed by atoms with Crippen LogP contribution in [0.4, 0.5) is 5.69 Å². The lowest BCUT2D eigenvalue weighted by atomic mass is 10.1. The van der Waals surface area contributed by atoms with Crippen molar-refractivity contribution in [3.63, 3.8) is 0 Å². The van der Waals surface area contributed by atoms with E-state index >= 15 is 0 Å². The van der Waals surface area contributed by atoms with Crippen molar-refractivity contribution in [2.75, 3.05) is 11.9 Å². The summed E-state index contributed by atoms with van der Waals surface area (Å²) in [7, 11) is 0. The van der Waals surface area contributed by atoms with Gasteiger partial charge in [-0.1, -0.05) is 30.3 Å². The molecule has 0 aliphatic rings. The van der Waals surface area contributed by atoms with Crippen LogP contribution in [0.2, 0.25) is 0 Å². The first kappa shape index (κ1) is 23.6. The molecule has 0 radical (unpaired) electrons. The van der Waals surface area contributed by atoms with Gasteiger partial charge in [0.25, 0.3) is 5.91 Å². The predicted octanol–water partition coefficient (Wildman–Crippen LogP) is 2.75. The topological polar surface area (TPSA) is 114 Å². The van der Waals surface area contributed by atoms with Crippen LogP contribution >= 0.6 is 0 Å². The van der Waals surface area contributed by atoms with Gasteiger partial charge >= 0.3 is 5.97 Å². The highest BCUT2D eigenvalue weighted by Crippen LogP contribution is 2.09. The standard InChI is InChI=1S/C23H27N3O5/c1-17(27)24-20-14-12-19(13-15-20)23(30)26-25-21(28)10-5-11-22(29)31-16-6-9-18-7-3-2-4-8-18/h2-4,7-8,12-15H,5-6,9-11,16H2,1H3,(H,24,27)(H,25,28)(H,26,30). The Kier molecular flexibility index (Phi) is 9.74. The van der Waals surface area contributed by atoms with E-state index in [4.69, 9.17) is 4.74 Å². The Labute approximate surface area is 181 Å². The molecule has 0 atom stereocenters. The van der Waals surface area contributed by atoms with Crippen molar-refractivity contribution in [2.45, 2.75) is 39.0 Å². The molecule has 2 aromatic carbocycles. The number of hydrogen-bond donors (Lipinski definition) is 3. The van der Waals surface area contributed by atoms with E-state index in [0.717, 1.165) is 12.8 Å². The van der Waals surface area contributed by atoms with Crippen molar-refractivity contribution >= 4 is 29.4 Å². The van der Waals surface area contributed by atoms with E-state index < -0.39 is 11.8 Å². The van der Waals surface area contributed by atoms with Crippen LogP contribution in [0.15, 0.2) is 54.6 Å². The number of ether oxygens (including phenoxy) is 1. The van der Waals surface area contributed by atoms with E-state index in [1.165, 1.54) is 24.6 Å². The van der Waals surface area contributed by atoms with Gasteiger partial charge in [0.05, 0.1) is 6.61 Å². The molecule has 0 bridgehead atoms. The molecular weight excluding hydrogens is 398 g/mol. The summed E-state index contributed by atoms with van der Waals surface area (Å²) < 4.78 is 5.17. The van der Waals surface area contributed by atoms with Gasteiger partial charge in [-0.3, -0.25) is 30.0 Å². The Hall–Kier alpha value is -3.68. The predicted molar refractivity (Wildman–Crippen MR) is 116 cm³/mol. The van der Waals surface area contributed by atoms with E-state index in [2.05, 4.69) is 16.2 Å². The van der Waals surface area contributed by atoms with Crippen molar-refractivity contribution in [3.8, 4) is 0 Å². The fraction of sp³-hybridized carbons (Fsp3) is 0.304. The summed E-state index contributed by atoms with van der Waals surface area (Å²) in [5, 5.41) is 2.60. The van der Waals surface area contributed by atoms with E-state index in [-0.39, 0.29) is 24.7 Å². The number of anilines is 1. The van der Waals surface area contributed by atoms with Crippen LogP contribution in [0.3, 0.4) is 0 Å². The molecule has 164 valence electrons. The van der Waals surface area contributed by atoms with E-state index in [1.54, 1.807) is 12.1 Å². The van der Waals surface area contributed by atoms with Gasteiger partial charge in [0.1, 0.15) is 0 Å². The second-order valence-corrected chi connectivity index (χ2v) is 6.92. The van der Waals surface area contributed by atoms with Crippen molar-refractivity contribution in [1.82, 2.24) is 10.9 Å². The first-order valence-electron chi connectivity index (χ1n) is 10.1. The highest BCUT2D eigenvalue weighted by Gasteiger charge is 2.09. The second kappa shape index (κ2) is 12.8. The fourth-order valence-electron chi connectivity index (χ4n) is 2.74. The number of nitrogens with one attached hydrogen (secondary N) is 3. The smallest absolute Gasteiger partial charge is 0.305 e. The zero-order chi connectivity index (χ0) is 22.5. The average molecular weight is 425 g/mol. The molecule has 0 aromatic heterocycles. The average Bonchev–Trinajstić information content (AvgIpc) is 2.76. The third kappa shape index (κ3) is 9.58. The maximum Gasteiger partial charge on any atom is 0.305 e. The van der Waals surface area contributed by atoms with Gasteiger partial charge in [-0.05, 0) is 49.1 Å². The maximum absolute atomic E-state index is 12.0. The summed E-state index contributed by atoms with van der Waals surface area (Å²) in [5.74, 6) is -1.44. The SMILES string of the molecule is CC(=O)Nc1ccc(C(=O)NNC(=O)CCCC(=O)OCCCc2ccccc2)cc1. The highest BCUT2D eigenvalue weighted by molar-refractivity contribution is 5.96. The molecular formula is C23H27N3O5. The van der Waals surface area contributed by atoms with Crippen molar-refractivity contribution < 1.29 is 23.9 Å². The van der Waals surface area contributed by atoms with Gasteiger partial charge < -0.3 is 10.1 Å². The number of rotatable bonds is 10. The maximum atomic E-state index is 12.0. The summed E-state index contributed by atoms with van der Waals surface area (Å²) in [6, 6.07) is 16.2. The van der Waals surface area contributed by atoms with Gasteiger partial charge in [-0.15, -0.1) is 0 Å². The molecule has 31 heavy (non-hydrogen) atoms. The molecule has 2 rings (SSSR count). The summed E-state index contributed by atoms with van der Waals surface area (Å²) in [6.45, 7) is 1.73. The Morgan fingerprint density at radius 1 is 0.839 bits per heavy atom. The van der Waals surface area contributed by atoms with E-state index in [9.17, 15) is 19.2 Å². The molecule has 3 N–H and O–H groups in total. The van der Waals surface area contributed by atoms with Crippen LogP contribution < -0.4 is 16.2 Å². The molecule has 0 saturated heterocycles. The monoisotopic (exact) mass is 425 g/mol. The van der Waals surface area contributed by atoms with Crippen LogP contribution in [0, 0.1) is 0 Å². The number of esters is 1. The molecule has 3 amide bonds. The molecule has 0 aliphatic heterocycles. The van der Waals surface area contributed by atoms with Crippen LogP contribution in [0.1, 0.15) is 48.5 Å². The van der Waals surface area contributed by atoms with Crippen LogP contribution in [-0.4, -0.2) is 30.3 Å². The Bertz CT molecular complexity index is 882. The highest BCUT2D eigenvalue weighted by atomic mass is 16.5. The Morgan fingerprint density at radius 3 is 2.23 bits per heavy atom. The van der Waals surface area contributed by atoms with E-state index in [1.807, 2.05) is 30.3 Å². The van der Waals surface area contributed by atoms with Crippen molar-refractivity contribution in [3.05, 3.63) is 65.7 Å². The number of carbonyl (C=O) groups is 4. The Morgan fingerprint density at radius 2 is 1.55 bits per heavy atom. The summed E-state index contributed by atoms with van der Waals surface area (Å²) >= 11 is 0. The second-order valence-electron chi connectivity index (χ2n) is 6.92. The van der Waals surface area contributed by atoms with Crippen molar-refractivity contribution in [2.24, 2.45) is 0 Å². The summed E-state index contributed by atoms with van der Waals surface area (Å²) in [4.78, 5) is 46.6. The molecule has 0 heterocycles. The number of hydrogen-bond acceptors (Lipinski definition) is 5. The summed E-state index contributed by atoms with van der Waals surface area (Å²) in [6.07, 6.45) is 2.13. The minimum atomic E-state index is -0.486. The van der Waals surface area contributed by atoms with Gasteiger partial charge in [0.15, 0.2) is 0 Å². The molecule has 8 nitrogen and oxygen atoms in total. The molecule has 8 heteroatoms. The molecule has 0 fully saturated rings. The van der Waals surface area contributed by atoms with Gasteiger partial charge in [0, 0.05) is 31.0 Å². The third-order valence-corrected chi connectivity index (χ3v) is 4.28. The van der Waals surface area contributed by atoms with Crippen LogP contribution in [0.5, 0.6) is 0 Å². The fourth-order valence-corrected chi connectivity index (χ4v) is 2.74. The minimum absolute atomic E-state index is 0.0842. The molecule has 0 aliphatic carbocycles. The Balaban J connectivity index is 1.56. The third-order valence-electron chi connectivity index (χ3n) is 4.28. The molecule has 0 unspecified atom stereocenters.